The maximum absolute atomic E-state index is 12.9. The molecule has 2 atom stereocenters. The summed E-state index contributed by atoms with van der Waals surface area (Å²) in [7, 11) is 5.92. The van der Waals surface area contributed by atoms with Crippen molar-refractivity contribution in [1.82, 2.24) is 0 Å². The summed E-state index contributed by atoms with van der Waals surface area (Å²) < 4.78 is 22.8. The Morgan fingerprint density at radius 3 is 0.955 bits per heavy atom. The molecule has 0 amide bonds. The first-order chi connectivity index (χ1) is 43.6. The predicted molar refractivity (Wildman–Crippen MR) is 379 cm³/mol. The van der Waals surface area contributed by atoms with E-state index in [2.05, 4.69) is 160 Å². The molecular weight excluding hydrogens is 1100 g/mol. The number of allylic oxidation sites excluding steroid dienone is 24. The van der Waals surface area contributed by atoms with Gasteiger partial charge in [0.05, 0.1) is 40.3 Å². The van der Waals surface area contributed by atoms with Crippen molar-refractivity contribution >= 4 is 17.9 Å². The molecule has 0 N–H and O–H groups in total. The Kier molecular flexibility index (Phi) is 65.3. The van der Waals surface area contributed by atoms with Crippen molar-refractivity contribution in [3.63, 3.8) is 0 Å². The molecule has 0 saturated heterocycles. The summed E-state index contributed by atoms with van der Waals surface area (Å²) in [5.74, 6) is -2.30. The summed E-state index contributed by atoms with van der Waals surface area (Å²) in [5.41, 5.74) is 0. The third-order valence-corrected chi connectivity index (χ3v) is 15.1. The summed E-state index contributed by atoms with van der Waals surface area (Å²) in [6.07, 6.45) is 97.8. The van der Waals surface area contributed by atoms with Gasteiger partial charge in [0.1, 0.15) is 13.2 Å². The summed E-state index contributed by atoms with van der Waals surface area (Å²) in [5, 5.41) is 11.8. The number of likely N-dealkylation sites (N-methyl/N-ethyl adjacent to an activating group) is 1. The van der Waals surface area contributed by atoms with Gasteiger partial charge in [0.25, 0.3) is 0 Å². The van der Waals surface area contributed by atoms with Crippen LogP contribution in [0.25, 0.3) is 0 Å². The number of aliphatic carboxylic acids is 1. The van der Waals surface area contributed by atoms with Gasteiger partial charge in [0.15, 0.2) is 12.4 Å². The zero-order valence-corrected chi connectivity index (χ0v) is 57.8. The second-order valence-corrected chi connectivity index (χ2v) is 24.8. The van der Waals surface area contributed by atoms with E-state index in [1.165, 1.54) is 128 Å². The largest absolute Gasteiger partial charge is 0.545 e. The Morgan fingerprint density at radius 2 is 0.640 bits per heavy atom. The molecular formula is C80H133NO8. The van der Waals surface area contributed by atoms with Crippen molar-refractivity contribution < 1.29 is 42.9 Å². The first-order valence-corrected chi connectivity index (χ1v) is 36.0. The highest BCUT2D eigenvalue weighted by atomic mass is 16.7. The molecule has 0 aliphatic rings. The standard InChI is InChI=1S/C80H133NO8/c1-6-8-10-12-14-16-18-20-22-24-26-28-30-32-33-34-35-36-37-38-39-40-41-42-43-44-45-47-49-51-53-55-57-59-61-63-65-67-69-71-78(83)89-76(75-88-80(79(84)85)86-73-72-81(3,4)5)74-87-77(82)70-68-66-64-62-60-58-56-54-52-50-48-46-31-29-27-25-23-21-19-17-15-13-11-9-7-2/h8,10,14,16,19-22,25-28,31-33,35-36,38-39,41-42,44-46,76,80H,6-7,9,11-13,15,17-18,23-24,29-30,34,37,40,43,47-75H2,1-5H3/b10-8-,16-14-,21-19-,22-20-,27-25-,28-26-,33-32-,36-35-,39-38-,42-41-,45-44-,46-31-. The number of carbonyl (C=O) groups is 3. The van der Waals surface area contributed by atoms with Crippen LogP contribution in [0.4, 0.5) is 0 Å². The van der Waals surface area contributed by atoms with Gasteiger partial charge >= 0.3 is 11.9 Å². The number of carbonyl (C=O) groups excluding carboxylic acids is 3. The van der Waals surface area contributed by atoms with Gasteiger partial charge in [0.2, 0.25) is 0 Å². The molecule has 9 nitrogen and oxygen atoms in total. The number of nitrogens with zero attached hydrogens (tertiary/aromatic N) is 1. The third kappa shape index (κ3) is 70.5. The lowest BCUT2D eigenvalue weighted by Crippen LogP contribution is -2.44. The number of hydrogen-bond acceptors (Lipinski definition) is 8. The van der Waals surface area contributed by atoms with Crippen LogP contribution in [0.2, 0.25) is 0 Å². The van der Waals surface area contributed by atoms with Crippen LogP contribution in [0.3, 0.4) is 0 Å². The lowest BCUT2D eigenvalue weighted by atomic mass is 10.0. The van der Waals surface area contributed by atoms with Crippen LogP contribution in [-0.2, 0) is 33.3 Å². The molecule has 0 saturated carbocycles. The van der Waals surface area contributed by atoms with Crippen molar-refractivity contribution in [2.45, 2.75) is 296 Å². The second kappa shape index (κ2) is 69.1. The van der Waals surface area contributed by atoms with Crippen LogP contribution in [0.15, 0.2) is 146 Å². The van der Waals surface area contributed by atoms with Gasteiger partial charge in [-0.2, -0.15) is 0 Å². The number of rotatable bonds is 65. The lowest BCUT2D eigenvalue weighted by molar-refractivity contribution is -0.870. The van der Waals surface area contributed by atoms with Gasteiger partial charge in [-0.1, -0.05) is 295 Å². The Balaban J connectivity index is 4.15. The monoisotopic (exact) mass is 1240 g/mol. The molecule has 506 valence electrons. The highest BCUT2D eigenvalue weighted by Crippen LogP contribution is 2.16. The molecule has 0 fully saturated rings. The van der Waals surface area contributed by atoms with E-state index in [1.54, 1.807) is 0 Å². The normalized spacial score (nSPS) is 13.6. The second-order valence-electron chi connectivity index (χ2n) is 24.8. The maximum atomic E-state index is 12.9. The summed E-state index contributed by atoms with van der Waals surface area (Å²) >= 11 is 0. The molecule has 0 aromatic carbocycles. The van der Waals surface area contributed by atoms with E-state index in [9.17, 15) is 19.5 Å². The fourth-order valence-corrected chi connectivity index (χ4v) is 9.60. The molecule has 0 bridgehead atoms. The fourth-order valence-electron chi connectivity index (χ4n) is 9.60. The highest BCUT2D eigenvalue weighted by molar-refractivity contribution is 5.70. The average molecular weight is 1240 g/mol. The average Bonchev–Trinajstić information content (AvgIpc) is 3.64. The summed E-state index contributed by atoms with van der Waals surface area (Å²) in [6, 6.07) is 0. The van der Waals surface area contributed by atoms with Crippen molar-refractivity contribution in [2.75, 3.05) is 47.5 Å². The molecule has 0 aliphatic carbocycles. The number of ether oxygens (including phenoxy) is 4. The minimum absolute atomic E-state index is 0.140. The van der Waals surface area contributed by atoms with E-state index < -0.39 is 24.3 Å². The molecule has 0 heterocycles. The van der Waals surface area contributed by atoms with Crippen LogP contribution in [0.1, 0.15) is 284 Å². The third-order valence-electron chi connectivity index (χ3n) is 15.1. The van der Waals surface area contributed by atoms with Gasteiger partial charge in [-0.3, -0.25) is 9.59 Å². The van der Waals surface area contributed by atoms with Crippen molar-refractivity contribution in [2.24, 2.45) is 0 Å². The maximum Gasteiger partial charge on any atom is 0.306 e. The van der Waals surface area contributed by atoms with E-state index in [-0.39, 0.29) is 38.6 Å². The quantitative estimate of drug-likeness (QED) is 0.0195. The minimum atomic E-state index is -1.63. The smallest absolute Gasteiger partial charge is 0.306 e. The summed E-state index contributed by atoms with van der Waals surface area (Å²) in [6.45, 7) is 4.62. The molecule has 0 aromatic heterocycles. The van der Waals surface area contributed by atoms with Crippen molar-refractivity contribution in [3.05, 3.63) is 146 Å². The van der Waals surface area contributed by atoms with E-state index in [4.69, 9.17) is 18.9 Å². The molecule has 0 aliphatic heterocycles. The molecule has 89 heavy (non-hydrogen) atoms. The van der Waals surface area contributed by atoms with Gasteiger partial charge in [-0.25, -0.2) is 0 Å². The van der Waals surface area contributed by atoms with Crippen LogP contribution < -0.4 is 5.11 Å². The molecule has 0 rings (SSSR count). The van der Waals surface area contributed by atoms with Crippen LogP contribution in [-0.4, -0.2) is 82.3 Å². The van der Waals surface area contributed by atoms with E-state index in [0.29, 0.717) is 17.4 Å². The zero-order chi connectivity index (χ0) is 64.7. The molecule has 0 radical (unpaired) electrons. The Labute approximate surface area is 547 Å². The number of unbranched alkanes of at least 4 members (excludes halogenated alkanes) is 26. The van der Waals surface area contributed by atoms with Crippen LogP contribution in [0.5, 0.6) is 0 Å². The molecule has 0 aromatic rings. The topological polar surface area (TPSA) is 111 Å². The van der Waals surface area contributed by atoms with Crippen molar-refractivity contribution in [1.29, 1.82) is 0 Å². The zero-order valence-electron chi connectivity index (χ0n) is 57.8. The van der Waals surface area contributed by atoms with Gasteiger partial charge in [-0.05, 0) is 122 Å². The highest BCUT2D eigenvalue weighted by Gasteiger charge is 2.22. The van der Waals surface area contributed by atoms with Gasteiger partial charge < -0.3 is 33.3 Å². The number of quaternary nitrogens is 1. The Hall–Kier alpha value is -4.83. The van der Waals surface area contributed by atoms with Crippen molar-refractivity contribution in [3.8, 4) is 0 Å². The van der Waals surface area contributed by atoms with Gasteiger partial charge in [-0.15, -0.1) is 0 Å². The molecule has 9 heteroatoms. The predicted octanol–water partition coefficient (Wildman–Crippen LogP) is 21.4. The Bertz CT molecular complexity index is 1970. The van der Waals surface area contributed by atoms with E-state index >= 15 is 0 Å². The Morgan fingerprint density at radius 1 is 0.348 bits per heavy atom. The van der Waals surface area contributed by atoms with E-state index in [1.807, 2.05) is 21.1 Å². The number of hydrogen-bond donors (Lipinski definition) is 0. The van der Waals surface area contributed by atoms with Crippen LogP contribution >= 0.6 is 0 Å². The number of esters is 2. The SMILES string of the molecule is CC/C=C\C/C=C\C/C=C\C/C=C\C/C=C\C/C=C\C/C=C\C/C=C\C/C=C\CCCCCCCCCCCCCC(=O)OC(COC(=O)CCCCCCCCCCCC/C=C\C/C=C\C/C=C\CCCCCCC)COC(OCC[N+](C)(C)C)C(=O)[O-]. The van der Waals surface area contributed by atoms with Gasteiger partial charge in [0, 0.05) is 12.8 Å². The van der Waals surface area contributed by atoms with Crippen LogP contribution in [0, 0.1) is 0 Å². The first-order valence-electron chi connectivity index (χ1n) is 36.0. The van der Waals surface area contributed by atoms with E-state index in [0.717, 1.165) is 122 Å². The number of carboxylic acid groups (broad SMARTS) is 1. The summed E-state index contributed by atoms with van der Waals surface area (Å²) in [4.78, 5) is 37.5. The first kappa shape index (κ1) is 84.2. The minimum Gasteiger partial charge on any atom is -0.545 e. The molecule has 2 unspecified atom stereocenters. The molecule has 0 spiro atoms. The lowest BCUT2D eigenvalue weighted by Gasteiger charge is -2.26. The fraction of sp³-hybridized carbons (Fsp3) is 0.662. The number of carboxylic acids is 1.